The summed E-state index contributed by atoms with van der Waals surface area (Å²) in [6.07, 6.45) is 0. The molecule has 7 heteroatoms. The summed E-state index contributed by atoms with van der Waals surface area (Å²) in [5.74, 6) is -2.77. The minimum atomic E-state index is -1.07. The molecular formula is C11H12F2N2O3. The van der Waals surface area contributed by atoms with Crippen molar-refractivity contribution in [3.05, 3.63) is 29.8 Å². The van der Waals surface area contributed by atoms with Gasteiger partial charge in [0.1, 0.15) is 5.75 Å². The van der Waals surface area contributed by atoms with Crippen LogP contribution in [0.4, 0.5) is 13.6 Å². The summed E-state index contributed by atoms with van der Waals surface area (Å²) in [7, 11) is 0. The zero-order valence-corrected chi connectivity index (χ0v) is 9.63. The van der Waals surface area contributed by atoms with E-state index in [4.69, 9.17) is 4.74 Å². The molecule has 0 saturated heterocycles. The summed E-state index contributed by atoms with van der Waals surface area (Å²) in [5.41, 5.74) is 0. The Morgan fingerprint density at radius 1 is 1.28 bits per heavy atom. The van der Waals surface area contributed by atoms with E-state index in [9.17, 15) is 18.4 Å². The highest BCUT2D eigenvalue weighted by Gasteiger charge is 2.08. The summed E-state index contributed by atoms with van der Waals surface area (Å²) >= 11 is 0. The van der Waals surface area contributed by atoms with E-state index in [2.05, 4.69) is 5.32 Å². The number of ether oxygens (including phenoxy) is 1. The molecule has 0 spiro atoms. The Morgan fingerprint density at radius 2 is 2.00 bits per heavy atom. The molecule has 1 aromatic rings. The highest BCUT2D eigenvalue weighted by atomic mass is 19.2. The molecule has 1 aromatic carbocycles. The first-order valence-electron chi connectivity index (χ1n) is 5.18. The summed E-state index contributed by atoms with van der Waals surface area (Å²) < 4.78 is 30.3. The molecule has 0 aliphatic heterocycles. The number of halogens is 2. The fourth-order valence-corrected chi connectivity index (χ4v) is 1.08. The maximum Gasteiger partial charge on any atom is 0.321 e. The first kappa shape index (κ1) is 13.9. The molecule has 0 saturated carbocycles. The van der Waals surface area contributed by atoms with Gasteiger partial charge >= 0.3 is 6.03 Å². The summed E-state index contributed by atoms with van der Waals surface area (Å²) in [4.78, 5) is 22.1. The number of nitrogens with one attached hydrogen (secondary N) is 2. The van der Waals surface area contributed by atoms with Gasteiger partial charge in [-0.05, 0) is 19.1 Å². The van der Waals surface area contributed by atoms with E-state index in [1.54, 1.807) is 6.92 Å². The van der Waals surface area contributed by atoms with Crippen molar-refractivity contribution in [2.75, 3.05) is 13.2 Å². The molecule has 0 aromatic heterocycles. The molecule has 18 heavy (non-hydrogen) atoms. The van der Waals surface area contributed by atoms with Gasteiger partial charge in [-0.15, -0.1) is 0 Å². The third-order valence-corrected chi connectivity index (χ3v) is 1.85. The quantitative estimate of drug-likeness (QED) is 0.852. The van der Waals surface area contributed by atoms with E-state index in [0.29, 0.717) is 6.54 Å². The van der Waals surface area contributed by atoms with Gasteiger partial charge in [0.05, 0.1) is 0 Å². The number of hydrogen-bond acceptors (Lipinski definition) is 3. The average Bonchev–Trinajstić information content (AvgIpc) is 2.31. The van der Waals surface area contributed by atoms with E-state index in [1.807, 2.05) is 5.32 Å². The molecule has 2 N–H and O–H groups in total. The van der Waals surface area contributed by atoms with Crippen molar-refractivity contribution in [1.82, 2.24) is 10.6 Å². The third kappa shape index (κ3) is 4.36. The van der Waals surface area contributed by atoms with Crippen LogP contribution < -0.4 is 15.4 Å². The Kier molecular flexibility index (Phi) is 5.04. The molecule has 0 atom stereocenters. The lowest BCUT2D eigenvalue weighted by Crippen LogP contribution is -2.41. The molecule has 3 amide bonds. The van der Waals surface area contributed by atoms with Crippen LogP contribution in [-0.4, -0.2) is 25.1 Å². The van der Waals surface area contributed by atoms with Crippen molar-refractivity contribution in [2.24, 2.45) is 0 Å². The van der Waals surface area contributed by atoms with E-state index < -0.39 is 30.2 Å². The number of carbonyl (C=O) groups is 2. The Hall–Kier alpha value is -2.18. The Labute approximate surface area is 102 Å². The van der Waals surface area contributed by atoms with Gasteiger partial charge in [0.25, 0.3) is 5.91 Å². The molecule has 0 fully saturated rings. The first-order valence-corrected chi connectivity index (χ1v) is 5.18. The van der Waals surface area contributed by atoms with Gasteiger partial charge in [-0.1, -0.05) is 0 Å². The van der Waals surface area contributed by atoms with Crippen LogP contribution in [0, 0.1) is 11.6 Å². The van der Waals surface area contributed by atoms with Gasteiger partial charge in [0.2, 0.25) is 0 Å². The lowest BCUT2D eigenvalue weighted by atomic mass is 10.3. The van der Waals surface area contributed by atoms with Crippen LogP contribution in [0.2, 0.25) is 0 Å². The Bertz CT molecular complexity index is 452. The minimum Gasteiger partial charge on any atom is -0.484 e. The van der Waals surface area contributed by atoms with E-state index in [0.717, 1.165) is 12.1 Å². The Balaban J connectivity index is 2.42. The van der Waals surface area contributed by atoms with Crippen LogP contribution in [0.3, 0.4) is 0 Å². The van der Waals surface area contributed by atoms with Crippen LogP contribution in [0.5, 0.6) is 5.75 Å². The number of urea groups is 1. The molecular weight excluding hydrogens is 246 g/mol. The second-order valence-electron chi connectivity index (χ2n) is 3.27. The van der Waals surface area contributed by atoms with Crippen molar-refractivity contribution < 1.29 is 23.1 Å². The van der Waals surface area contributed by atoms with Crippen molar-refractivity contribution in [3.8, 4) is 5.75 Å². The molecule has 0 heterocycles. The summed E-state index contributed by atoms with van der Waals surface area (Å²) in [5, 5.41) is 4.35. The molecule has 98 valence electrons. The van der Waals surface area contributed by atoms with Gasteiger partial charge in [-0.25, -0.2) is 13.6 Å². The fraction of sp³-hybridized carbons (Fsp3) is 0.273. The lowest BCUT2D eigenvalue weighted by molar-refractivity contribution is -0.122. The second kappa shape index (κ2) is 6.53. The van der Waals surface area contributed by atoms with Crippen LogP contribution in [0.1, 0.15) is 6.92 Å². The number of rotatable bonds is 4. The highest BCUT2D eigenvalue weighted by molar-refractivity contribution is 5.94. The smallest absolute Gasteiger partial charge is 0.321 e. The maximum atomic E-state index is 12.8. The van der Waals surface area contributed by atoms with Gasteiger partial charge in [0, 0.05) is 12.6 Å². The number of carbonyl (C=O) groups excluding carboxylic acids is 2. The standard InChI is InChI=1S/C11H12F2N2O3/c1-2-14-11(17)15-10(16)6-18-7-3-4-8(12)9(13)5-7/h3-5H,2,6H2,1H3,(H2,14,15,16,17). The van der Waals surface area contributed by atoms with Gasteiger partial charge in [-0.2, -0.15) is 0 Å². The molecule has 1 rings (SSSR count). The third-order valence-electron chi connectivity index (χ3n) is 1.85. The van der Waals surface area contributed by atoms with Gasteiger partial charge in [0.15, 0.2) is 18.2 Å². The monoisotopic (exact) mass is 258 g/mol. The zero-order valence-electron chi connectivity index (χ0n) is 9.63. The van der Waals surface area contributed by atoms with Crippen molar-refractivity contribution >= 4 is 11.9 Å². The predicted molar refractivity (Wildman–Crippen MR) is 59.1 cm³/mol. The minimum absolute atomic E-state index is 0.0000466. The number of amides is 3. The molecule has 0 radical (unpaired) electrons. The highest BCUT2D eigenvalue weighted by Crippen LogP contribution is 2.14. The topological polar surface area (TPSA) is 67.4 Å². The molecule has 0 bridgehead atoms. The van der Waals surface area contributed by atoms with Crippen LogP contribution in [0.15, 0.2) is 18.2 Å². The van der Waals surface area contributed by atoms with Crippen LogP contribution in [0.25, 0.3) is 0 Å². The SMILES string of the molecule is CCNC(=O)NC(=O)COc1ccc(F)c(F)c1. The fourth-order valence-electron chi connectivity index (χ4n) is 1.08. The number of hydrogen-bond donors (Lipinski definition) is 2. The number of benzene rings is 1. The maximum absolute atomic E-state index is 12.8. The molecule has 0 unspecified atom stereocenters. The summed E-state index contributed by atoms with van der Waals surface area (Å²) in [6.45, 7) is 1.60. The zero-order chi connectivity index (χ0) is 13.5. The van der Waals surface area contributed by atoms with E-state index in [-0.39, 0.29) is 5.75 Å². The van der Waals surface area contributed by atoms with E-state index in [1.165, 1.54) is 6.07 Å². The first-order chi connectivity index (χ1) is 8.52. The largest absolute Gasteiger partial charge is 0.484 e. The van der Waals surface area contributed by atoms with Gasteiger partial charge in [-0.3, -0.25) is 10.1 Å². The molecule has 0 aliphatic carbocycles. The van der Waals surface area contributed by atoms with Gasteiger partial charge < -0.3 is 10.1 Å². The molecule has 0 aliphatic rings. The number of imide groups is 1. The lowest BCUT2D eigenvalue weighted by Gasteiger charge is -2.07. The summed E-state index contributed by atoms with van der Waals surface area (Å²) in [6, 6.07) is 2.23. The van der Waals surface area contributed by atoms with Crippen LogP contribution in [-0.2, 0) is 4.79 Å². The normalized spacial score (nSPS) is 9.72. The molecule has 5 nitrogen and oxygen atoms in total. The van der Waals surface area contributed by atoms with Crippen molar-refractivity contribution in [2.45, 2.75) is 6.92 Å². The second-order valence-corrected chi connectivity index (χ2v) is 3.27. The van der Waals surface area contributed by atoms with Crippen molar-refractivity contribution in [3.63, 3.8) is 0 Å². The average molecular weight is 258 g/mol. The predicted octanol–water partition coefficient (Wildman–Crippen LogP) is 1.19. The van der Waals surface area contributed by atoms with E-state index >= 15 is 0 Å². The van der Waals surface area contributed by atoms with Crippen LogP contribution >= 0.6 is 0 Å². The Morgan fingerprint density at radius 3 is 2.61 bits per heavy atom. The van der Waals surface area contributed by atoms with Crippen molar-refractivity contribution in [1.29, 1.82) is 0 Å².